The minimum atomic E-state index is -1.41. The van der Waals surface area contributed by atoms with Gasteiger partial charge in [-0.2, -0.15) is 0 Å². The maximum Gasteiger partial charge on any atom is 0.277 e. The lowest BCUT2D eigenvalue weighted by molar-refractivity contribution is -0.347. The molecule has 0 saturated carbocycles. The fraction of sp³-hybridized carbons (Fsp3) is 1.00. The third-order valence-electron chi connectivity index (χ3n) is 2.78. The van der Waals surface area contributed by atoms with Gasteiger partial charge in [0.05, 0.1) is 6.61 Å². The standard InChI is InChI=1S/C14H30O3/c1-4-6-7-8-9-10-11-12-13-17-14(3,15)16-5-2/h15H,4-13H2,1-3H3. The van der Waals surface area contributed by atoms with Gasteiger partial charge in [0.2, 0.25) is 0 Å². The second kappa shape index (κ2) is 11.0. The number of ether oxygens (including phenoxy) is 2. The summed E-state index contributed by atoms with van der Waals surface area (Å²) in [5.74, 6) is -1.41. The highest BCUT2D eigenvalue weighted by atomic mass is 16.8. The van der Waals surface area contributed by atoms with E-state index < -0.39 is 5.97 Å². The van der Waals surface area contributed by atoms with Crippen LogP contribution in [0.1, 0.15) is 72.1 Å². The van der Waals surface area contributed by atoms with E-state index in [2.05, 4.69) is 6.92 Å². The molecular formula is C14H30O3. The number of aliphatic hydroxyl groups is 1. The summed E-state index contributed by atoms with van der Waals surface area (Å²) < 4.78 is 10.3. The molecule has 3 nitrogen and oxygen atoms in total. The average Bonchev–Trinajstić information content (AvgIpc) is 2.27. The van der Waals surface area contributed by atoms with Crippen LogP contribution in [0.2, 0.25) is 0 Å². The molecule has 0 aromatic rings. The largest absolute Gasteiger partial charge is 0.344 e. The molecular weight excluding hydrogens is 216 g/mol. The van der Waals surface area contributed by atoms with Crippen molar-refractivity contribution in [1.29, 1.82) is 0 Å². The summed E-state index contributed by atoms with van der Waals surface area (Å²) in [6.45, 7) is 6.66. The maximum absolute atomic E-state index is 9.57. The number of unbranched alkanes of at least 4 members (excludes halogenated alkanes) is 7. The molecule has 1 atom stereocenters. The van der Waals surface area contributed by atoms with Crippen molar-refractivity contribution in [2.24, 2.45) is 0 Å². The highest BCUT2D eigenvalue weighted by molar-refractivity contribution is 4.47. The second-order valence-corrected chi connectivity index (χ2v) is 4.65. The Morgan fingerprint density at radius 3 is 1.88 bits per heavy atom. The van der Waals surface area contributed by atoms with Gasteiger partial charge >= 0.3 is 0 Å². The van der Waals surface area contributed by atoms with Crippen molar-refractivity contribution in [3.8, 4) is 0 Å². The minimum Gasteiger partial charge on any atom is -0.344 e. The van der Waals surface area contributed by atoms with Crippen LogP contribution in [0, 0.1) is 0 Å². The van der Waals surface area contributed by atoms with Gasteiger partial charge < -0.3 is 14.6 Å². The van der Waals surface area contributed by atoms with Crippen molar-refractivity contribution < 1.29 is 14.6 Å². The zero-order chi connectivity index (χ0) is 13.0. The number of hydrogen-bond donors (Lipinski definition) is 1. The fourth-order valence-corrected chi connectivity index (χ4v) is 1.81. The van der Waals surface area contributed by atoms with E-state index in [0.717, 1.165) is 6.42 Å². The first kappa shape index (κ1) is 16.9. The molecule has 0 spiro atoms. The lowest BCUT2D eigenvalue weighted by Crippen LogP contribution is -2.32. The van der Waals surface area contributed by atoms with Gasteiger partial charge in [-0.15, -0.1) is 0 Å². The Balaban J connectivity index is 3.18. The molecule has 0 fully saturated rings. The van der Waals surface area contributed by atoms with Gasteiger partial charge in [-0.3, -0.25) is 0 Å². The third kappa shape index (κ3) is 12.1. The maximum atomic E-state index is 9.57. The molecule has 0 bridgehead atoms. The van der Waals surface area contributed by atoms with Gasteiger partial charge in [-0.25, -0.2) is 0 Å². The van der Waals surface area contributed by atoms with E-state index in [4.69, 9.17) is 9.47 Å². The molecule has 1 unspecified atom stereocenters. The van der Waals surface area contributed by atoms with E-state index in [0.29, 0.717) is 13.2 Å². The molecule has 0 aliphatic heterocycles. The van der Waals surface area contributed by atoms with Gasteiger partial charge in [0, 0.05) is 13.5 Å². The van der Waals surface area contributed by atoms with Crippen molar-refractivity contribution in [3.63, 3.8) is 0 Å². The highest BCUT2D eigenvalue weighted by Crippen LogP contribution is 2.11. The van der Waals surface area contributed by atoms with E-state index in [-0.39, 0.29) is 0 Å². The van der Waals surface area contributed by atoms with Crippen molar-refractivity contribution in [1.82, 2.24) is 0 Å². The molecule has 104 valence electrons. The van der Waals surface area contributed by atoms with Crippen LogP contribution in [0.5, 0.6) is 0 Å². The van der Waals surface area contributed by atoms with Crippen LogP contribution in [0.4, 0.5) is 0 Å². The summed E-state index contributed by atoms with van der Waals surface area (Å²) in [6.07, 6.45) is 10.1. The van der Waals surface area contributed by atoms with Crippen LogP contribution in [0.25, 0.3) is 0 Å². The first-order chi connectivity index (χ1) is 8.12. The molecule has 0 saturated heterocycles. The SMILES string of the molecule is CCCCCCCCCCOC(C)(O)OCC. The Labute approximate surface area is 107 Å². The molecule has 0 aliphatic carbocycles. The molecule has 0 aromatic carbocycles. The quantitative estimate of drug-likeness (QED) is 0.420. The van der Waals surface area contributed by atoms with E-state index in [1.165, 1.54) is 44.9 Å². The van der Waals surface area contributed by atoms with Gasteiger partial charge in [0.1, 0.15) is 0 Å². The van der Waals surface area contributed by atoms with Crippen molar-refractivity contribution in [2.75, 3.05) is 13.2 Å². The fourth-order valence-electron chi connectivity index (χ4n) is 1.81. The molecule has 0 aromatic heterocycles. The van der Waals surface area contributed by atoms with Gasteiger partial charge in [0.15, 0.2) is 0 Å². The topological polar surface area (TPSA) is 38.7 Å². The van der Waals surface area contributed by atoms with Crippen molar-refractivity contribution >= 4 is 0 Å². The molecule has 0 rings (SSSR count). The molecule has 3 heteroatoms. The Bertz CT molecular complexity index is 158. The minimum absolute atomic E-state index is 0.463. The van der Waals surface area contributed by atoms with E-state index in [9.17, 15) is 5.11 Å². The number of hydrogen-bond acceptors (Lipinski definition) is 3. The Morgan fingerprint density at radius 2 is 1.35 bits per heavy atom. The first-order valence-electron chi connectivity index (χ1n) is 7.12. The van der Waals surface area contributed by atoms with Crippen LogP contribution in [-0.4, -0.2) is 24.3 Å². The Hall–Kier alpha value is -0.120. The summed E-state index contributed by atoms with van der Waals surface area (Å²) in [6, 6.07) is 0. The third-order valence-corrected chi connectivity index (χ3v) is 2.78. The molecule has 17 heavy (non-hydrogen) atoms. The lowest BCUT2D eigenvalue weighted by Gasteiger charge is -2.22. The predicted octanol–water partition coefficient (Wildman–Crippen LogP) is 3.85. The van der Waals surface area contributed by atoms with E-state index in [1.807, 2.05) is 6.92 Å². The summed E-state index contributed by atoms with van der Waals surface area (Å²) >= 11 is 0. The molecule has 0 aliphatic rings. The second-order valence-electron chi connectivity index (χ2n) is 4.65. The lowest BCUT2D eigenvalue weighted by atomic mass is 10.1. The summed E-state index contributed by atoms with van der Waals surface area (Å²) in [5.41, 5.74) is 0. The zero-order valence-corrected chi connectivity index (χ0v) is 11.8. The summed E-state index contributed by atoms with van der Waals surface area (Å²) in [7, 11) is 0. The van der Waals surface area contributed by atoms with Crippen molar-refractivity contribution in [3.05, 3.63) is 0 Å². The van der Waals surface area contributed by atoms with Gasteiger partial charge in [-0.1, -0.05) is 51.9 Å². The van der Waals surface area contributed by atoms with Crippen molar-refractivity contribution in [2.45, 2.75) is 78.1 Å². The molecule has 0 radical (unpaired) electrons. The molecule has 1 N–H and O–H groups in total. The van der Waals surface area contributed by atoms with Crippen LogP contribution in [-0.2, 0) is 9.47 Å². The predicted molar refractivity (Wildman–Crippen MR) is 70.8 cm³/mol. The van der Waals surface area contributed by atoms with E-state index >= 15 is 0 Å². The highest BCUT2D eigenvalue weighted by Gasteiger charge is 2.19. The average molecular weight is 246 g/mol. The normalized spacial score (nSPS) is 14.8. The van der Waals surface area contributed by atoms with Gasteiger partial charge in [0.25, 0.3) is 5.97 Å². The first-order valence-corrected chi connectivity index (χ1v) is 7.12. The monoisotopic (exact) mass is 246 g/mol. The zero-order valence-electron chi connectivity index (χ0n) is 11.8. The molecule has 0 amide bonds. The summed E-state index contributed by atoms with van der Waals surface area (Å²) in [4.78, 5) is 0. The van der Waals surface area contributed by atoms with Crippen LogP contribution >= 0.6 is 0 Å². The summed E-state index contributed by atoms with van der Waals surface area (Å²) in [5, 5.41) is 9.57. The molecule has 0 heterocycles. The van der Waals surface area contributed by atoms with E-state index in [1.54, 1.807) is 6.92 Å². The Kier molecular flexibility index (Phi) is 10.9. The van der Waals surface area contributed by atoms with Crippen LogP contribution in [0.15, 0.2) is 0 Å². The smallest absolute Gasteiger partial charge is 0.277 e. The van der Waals surface area contributed by atoms with Gasteiger partial charge in [-0.05, 0) is 13.3 Å². The van der Waals surface area contributed by atoms with Crippen LogP contribution in [0.3, 0.4) is 0 Å². The number of rotatable bonds is 12. The van der Waals surface area contributed by atoms with Crippen LogP contribution < -0.4 is 0 Å². The Morgan fingerprint density at radius 1 is 0.824 bits per heavy atom.